The summed E-state index contributed by atoms with van der Waals surface area (Å²) in [4.78, 5) is 14.9. The summed E-state index contributed by atoms with van der Waals surface area (Å²) in [6.07, 6.45) is 3.83. The predicted molar refractivity (Wildman–Crippen MR) is 162 cm³/mol. The quantitative estimate of drug-likeness (QED) is 0.264. The third-order valence-electron chi connectivity index (χ3n) is 6.78. The average Bonchev–Trinajstić information content (AvgIpc) is 2.80. The number of hydrogen-bond acceptors (Lipinski definition) is 3. The number of nitrogens with zero attached hydrogens (tertiary/aromatic N) is 3. The second-order valence-corrected chi connectivity index (χ2v) is 11.7. The van der Waals surface area contributed by atoms with Crippen molar-refractivity contribution in [3.05, 3.63) is 86.7 Å². The number of hydrogen-bond donors (Lipinski definition) is 0. The first kappa shape index (κ1) is 41.5. The van der Waals surface area contributed by atoms with E-state index in [1.807, 2.05) is 12.4 Å². The maximum absolute atomic E-state index is 5.01. The van der Waals surface area contributed by atoms with E-state index in [2.05, 4.69) is 113 Å². The average molecular weight is 658 g/mol. The topological polar surface area (TPSA) is 37.6 Å². The van der Waals surface area contributed by atoms with Crippen molar-refractivity contribution in [1.82, 2.24) is 4.98 Å². The molecule has 3 rings (SSSR count). The van der Waals surface area contributed by atoms with Gasteiger partial charge in [-0.05, 0) is 84.4 Å². The molecule has 0 fully saturated rings. The molecule has 0 saturated heterocycles. The second-order valence-electron chi connectivity index (χ2n) is 11.7. The van der Waals surface area contributed by atoms with Crippen molar-refractivity contribution >= 4 is 23.8 Å². The number of aryl methyl sites for hydroxylation is 3. The normalized spacial score (nSPS) is 11.2. The van der Waals surface area contributed by atoms with Crippen LogP contribution in [0, 0.1) is 20.8 Å². The van der Waals surface area contributed by atoms with Crippen LogP contribution in [0.2, 0.25) is 0 Å². The number of aliphatic imine (C=N–C) groups is 2. The number of benzene rings is 2. The van der Waals surface area contributed by atoms with Crippen LogP contribution in [0.3, 0.4) is 0 Å². The second kappa shape index (κ2) is 18.1. The van der Waals surface area contributed by atoms with E-state index >= 15 is 0 Å². The summed E-state index contributed by atoms with van der Waals surface area (Å²) in [5.74, 6) is 1.60. The molecule has 7 heteroatoms. The minimum Gasteiger partial charge on any atom is -1.00 e. The first-order chi connectivity index (χ1) is 17.4. The maximum atomic E-state index is 5.01. The molecule has 0 aliphatic carbocycles. The zero-order valence-corrected chi connectivity index (χ0v) is 29.6. The molecule has 0 N–H and O–H groups in total. The van der Waals surface area contributed by atoms with Crippen LogP contribution in [0.15, 0.2) is 46.4 Å². The Morgan fingerprint density at radius 1 is 0.488 bits per heavy atom. The minimum atomic E-state index is 0. The Morgan fingerprint density at radius 2 is 0.732 bits per heavy atom. The van der Waals surface area contributed by atoms with Gasteiger partial charge in [0.1, 0.15) is 0 Å². The summed E-state index contributed by atoms with van der Waals surface area (Å²) in [5, 5.41) is 0. The smallest absolute Gasteiger partial charge is 1.00 e. The third-order valence-corrected chi connectivity index (χ3v) is 6.78. The van der Waals surface area contributed by atoms with E-state index < -0.39 is 0 Å². The van der Waals surface area contributed by atoms with Crippen LogP contribution < -0.4 is 37.2 Å². The molecule has 0 aliphatic heterocycles. The molecule has 225 valence electrons. The van der Waals surface area contributed by atoms with Gasteiger partial charge in [-0.3, -0.25) is 9.98 Å². The van der Waals surface area contributed by atoms with E-state index in [1.165, 1.54) is 33.4 Å². The molecule has 3 aromatic rings. The van der Waals surface area contributed by atoms with E-state index in [0.29, 0.717) is 23.7 Å². The summed E-state index contributed by atoms with van der Waals surface area (Å²) >= 11 is 0. The van der Waals surface area contributed by atoms with Gasteiger partial charge >= 0.3 is 17.1 Å². The minimum absolute atomic E-state index is 0. The van der Waals surface area contributed by atoms with Gasteiger partial charge in [-0.2, -0.15) is 0 Å². The Balaban J connectivity index is 0. The molecule has 41 heavy (non-hydrogen) atoms. The monoisotopic (exact) mass is 656 g/mol. The van der Waals surface area contributed by atoms with Crippen molar-refractivity contribution in [1.29, 1.82) is 0 Å². The van der Waals surface area contributed by atoms with Gasteiger partial charge in [-0.1, -0.05) is 90.8 Å². The molecule has 0 atom stereocenters. The molecular formula is C34H45Cl3FeN3. The Labute approximate surface area is 278 Å². The Kier molecular flexibility index (Phi) is 18.3. The first-order valence-electron chi connectivity index (χ1n) is 13.7. The van der Waals surface area contributed by atoms with Gasteiger partial charge in [0, 0.05) is 0 Å². The fourth-order valence-electron chi connectivity index (χ4n) is 4.85. The van der Waals surface area contributed by atoms with Crippen molar-refractivity contribution < 1.29 is 54.3 Å². The molecule has 3 nitrogen and oxygen atoms in total. The summed E-state index contributed by atoms with van der Waals surface area (Å²) in [5.41, 5.74) is 12.7. The van der Waals surface area contributed by atoms with E-state index in [4.69, 9.17) is 15.0 Å². The molecule has 2 aromatic carbocycles. The van der Waals surface area contributed by atoms with Crippen LogP contribution in [0.1, 0.15) is 129 Å². The number of aromatic nitrogens is 1. The summed E-state index contributed by atoms with van der Waals surface area (Å²) in [6.45, 7) is 24.3. The zero-order valence-electron chi connectivity index (χ0n) is 26.3. The number of pyridine rings is 1. The summed E-state index contributed by atoms with van der Waals surface area (Å²) < 4.78 is 0. The van der Waals surface area contributed by atoms with Gasteiger partial charge in [0.2, 0.25) is 0 Å². The Morgan fingerprint density at radius 3 is 0.976 bits per heavy atom. The Bertz CT molecular complexity index is 1170. The van der Waals surface area contributed by atoms with Crippen LogP contribution in [-0.4, -0.2) is 17.4 Å². The van der Waals surface area contributed by atoms with Gasteiger partial charge in [-0.15, -0.1) is 0 Å². The van der Waals surface area contributed by atoms with Crippen molar-refractivity contribution in [2.24, 2.45) is 9.98 Å². The van der Waals surface area contributed by atoms with Crippen molar-refractivity contribution in [2.45, 2.75) is 99.8 Å². The molecule has 1 aromatic heterocycles. The molecule has 0 spiro atoms. The van der Waals surface area contributed by atoms with Gasteiger partial charge in [-0.25, -0.2) is 4.98 Å². The zero-order chi connectivity index (χ0) is 27.4. The molecule has 1 heterocycles. The SMILES string of the molecule is Cc1cc(C=Nc2c(C(C)C)cc(C)cc2C(C)C)nc(C=Nc2c(C(C)C)cc(C)cc2C(C)C)c1.[Cl-].[Cl-].[Cl-].[Fe+3]. The fourth-order valence-corrected chi connectivity index (χ4v) is 4.85. The van der Waals surface area contributed by atoms with E-state index in [9.17, 15) is 0 Å². The summed E-state index contributed by atoms with van der Waals surface area (Å²) in [6, 6.07) is 13.3. The summed E-state index contributed by atoms with van der Waals surface area (Å²) in [7, 11) is 0. The van der Waals surface area contributed by atoms with Gasteiger partial charge < -0.3 is 37.2 Å². The molecule has 0 amide bonds. The molecule has 0 unspecified atom stereocenters. The first-order valence-corrected chi connectivity index (χ1v) is 13.7. The largest absolute Gasteiger partial charge is 3.00 e. The molecule has 1 radical (unpaired) electrons. The van der Waals surface area contributed by atoms with Crippen LogP contribution in [-0.2, 0) is 17.1 Å². The molecule has 0 saturated carbocycles. The van der Waals surface area contributed by atoms with Crippen molar-refractivity contribution in [3.63, 3.8) is 0 Å². The molecule has 0 bridgehead atoms. The van der Waals surface area contributed by atoms with Crippen LogP contribution >= 0.6 is 0 Å². The third kappa shape index (κ3) is 10.8. The van der Waals surface area contributed by atoms with Gasteiger partial charge in [0.05, 0.1) is 35.2 Å². The van der Waals surface area contributed by atoms with Gasteiger partial charge in [0.15, 0.2) is 0 Å². The predicted octanol–water partition coefficient (Wildman–Crippen LogP) is 1.01. The van der Waals surface area contributed by atoms with Gasteiger partial charge in [0.25, 0.3) is 0 Å². The van der Waals surface area contributed by atoms with Crippen molar-refractivity contribution in [3.8, 4) is 0 Å². The number of halogens is 3. The van der Waals surface area contributed by atoms with E-state index in [0.717, 1.165) is 28.3 Å². The maximum Gasteiger partial charge on any atom is 3.00 e. The molecule has 0 aliphatic rings. The van der Waals surface area contributed by atoms with Crippen molar-refractivity contribution in [2.75, 3.05) is 0 Å². The van der Waals surface area contributed by atoms with Crippen LogP contribution in [0.25, 0.3) is 0 Å². The van der Waals surface area contributed by atoms with Crippen LogP contribution in [0.4, 0.5) is 11.4 Å². The van der Waals surface area contributed by atoms with E-state index in [1.54, 1.807) is 0 Å². The number of rotatable bonds is 8. The fraction of sp³-hybridized carbons (Fsp3) is 0.441. The Hall–Kier alpha value is -1.68. The van der Waals surface area contributed by atoms with E-state index in [-0.39, 0.29) is 54.3 Å². The van der Waals surface area contributed by atoms with Crippen LogP contribution in [0.5, 0.6) is 0 Å². The molecular weight excluding hydrogens is 613 g/mol. The standard InChI is InChI=1S/C34H45N3.3ClH.Fe/c1-20(2)29-14-25(10)15-30(21(3)4)33(29)35-18-27-12-24(9)13-28(37-27)19-36-34-31(22(5)6)16-26(11)17-32(34)23(7)8;;;;/h12-23H,1-11H3;3*1H;/q;;;;+3/p-3.